The summed E-state index contributed by atoms with van der Waals surface area (Å²) in [6, 6.07) is 6.56. The first-order valence-corrected chi connectivity index (χ1v) is 5.63. The molecule has 3 nitrogen and oxygen atoms in total. The second-order valence-electron chi connectivity index (χ2n) is 3.85. The molecule has 0 unspecified atom stereocenters. The van der Waals surface area contributed by atoms with Crippen molar-refractivity contribution in [2.75, 3.05) is 5.32 Å². The Morgan fingerprint density at radius 2 is 2.24 bits per heavy atom. The molecule has 1 aromatic carbocycles. The van der Waals surface area contributed by atoms with E-state index in [9.17, 15) is 4.39 Å². The predicted octanol–water partition coefficient (Wildman–Crippen LogP) is 3.13. The van der Waals surface area contributed by atoms with Crippen LogP contribution in [0.4, 0.5) is 10.1 Å². The quantitative estimate of drug-likeness (QED) is 0.911. The van der Waals surface area contributed by atoms with Gasteiger partial charge in [0.25, 0.3) is 0 Å². The molecule has 0 bridgehead atoms. The molecule has 0 radical (unpaired) electrons. The van der Waals surface area contributed by atoms with Gasteiger partial charge in [0.1, 0.15) is 5.82 Å². The number of nitrogens with one attached hydrogen (secondary N) is 1. The molecule has 0 saturated heterocycles. The fourth-order valence-corrected chi connectivity index (χ4v) is 1.91. The lowest BCUT2D eigenvalue weighted by Crippen LogP contribution is -2.06. The lowest BCUT2D eigenvalue weighted by molar-refractivity contribution is 0.629. The number of hydrogen-bond donors (Lipinski definition) is 1. The summed E-state index contributed by atoms with van der Waals surface area (Å²) in [5.74, 6) is -0.351. The smallest absolute Gasteiger partial charge is 0.147 e. The fourth-order valence-electron chi connectivity index (χ4n) is 1.68. The summed E-state index contributed by atoms with van der Waals surface area (Å²) in [5.41, 5.74) is 2.23. The molecule has 1 heterocycles. The summed E-state index contributed by atoms with van der Waals surface area (Å²) >= 11 is 5.92. The Morgan fingerprint density at radius 3 is 2.82 bits per heavy atom. The average Bonchev–Trinajstić information content (AvgIpc) is 2.57. The Morgan fingerprint density at radius 1 is 1.47 bits per heavy atom. The summed E-state index contributed by atoms with van der Waals surface area (Å²) in [5, 5.41) is 7.58. The van der Waals surface area contributed by atoms with Gasteiger partial charge >= 0.3 is 0 Å². The zero-order valence-corrected chi connectivity index (χ0v) is 10.4. The topological polar surface area (TPSA) is 29.9 Å². The second-order valence-corrected chi connectivity index (χ2v) is 4.26. The van der Waals surface area contributed by atoms with Gasteiger partial charge in [0.05, 0.1) is 28.6 Å². The van der Waals surface area contributed by atoms with Crippen molar-refractivity contribution in [3.63, 3.8) is 0 Å². The van der Waals surface area contributed by atoms with E-state index in [0.29, 0.717) is 17.3 Å². The summed E-state index contributed by atoms with van der Waals surface area (Å²) in [6.45, 7) is 2.40. The molecule has 0 atom stereocenters. The van der Waals surface area contributed by atoms with Crippen LogP contribution in [0.3, 0.4) is 0 Å². The molecule has 0 spiro atoms. The molecule has 0 aliphatic rings. The van der Waals surface area contributed by atoms with Gasteiger partial charge in [0, 0.05) is 7.05 Å². The maximum Gasteiger partial charge on any atom is 0.147 e. The van der Waals surface area contributed by atoms with E-state index >= 15 is 0 Å². The van der Waals surface area contributed by atoms with Crippen molar-refractivity contribution in [1.29, 1.82) is 0 Å². The Hall–Kier alpha value is -1.55. The predicted molar refractivity (Wildman–Crippen MR) is 66.7 cm³/mol. The van der Waals surface area contributed by atoms with E-state index in [4.69, 9.17) is 11.6 Å². The Bertz CT molecular complexity index is 516. The van der Waals surface area contributed by atoms with Gasteiger partial charge in [-0.05, 0) is 25.1 Å². The summed E-state index contributed by atoms with van der Waals surface area (Å²) < 4.78 is 15.3. The van der Waals surface area contributed by atoms with Crippen LogP contribution in [-0.2, 0) is 13.6 Å². The molecular formula is C12H13ClFN3. The van der Waals surface area contributed by atoms with Gasteiger partial charge in [-0.2, -0.15) is 5.10 Å². The molecular weight excluding hydrogens is 241 g/mol. The lowest BCUT2D eigenvalue weighted by Gasteiger charge is -2.09. The standard InChI is InChI=1S/C12H13ClFN3/c1-8-6-9(17(2)16-8)7-15-12-10(13)4-3-5-11(12)14/h3-6,15H,7H2,1-2H3. The summed E-state index contributed by atoms with van der Waals surface area (Å²) in [4.78, 5) is 0. The highest BCUT2D eigenvalue weighted by Gasteiger charge is 2.07. The summed E-state index contributed by atoms with van der Waals surface area (Å²) in [7, 11) is 1.85. The minimum absolute atomic E-state index is 0.327. The van der Waals surface area contributed by atoms with Gasteiger partial charge in [0.15, 0.2) is 0 Å². The van der Waals surface area contributed by atoms with Crippen molar-refractivity contribution in [1.82, 2.24) is 9.78 Å². The number of benzene rings is 1. The lowest BCUT2D eigenvalue weighted by atomic mass is 10.3. The van der Waals surface area contributed by atoms with Gasteiger partial charge < -0.3 is 5.32 Å². The van der Waals surface area contributed by atoms with Crippen molar-refractivity contribution >= 4 is 17.3 Å². The molecule has 17 heavy (non-hydrogen) atoms. The molecule has 5 heteroatoms. The van der Waals surface area contributed by atoms with Gasteiger partial charge in [-0.15, -0.1) is 0 Å². The Labute approximate surface area is 104 Å². The average molecular weight is 254 g/mol. The molecule has 2 aromatic rings. The summed E-state index contributed by atoms with van der Waals surface area (Å²) in [6.07, 6.45) is 0. The zero-order chi connectivity index (χ0) is 12.4. The van der Waals surface area contributed by atoms with E-state index in [-0.39, 0.29) is 5.82 Å². The van der Waals surface area contributed by atoms with E-state index < -0.39 is 0 Å². The van der Waals surface area contributed by atoms with E-state index in [1.54, 1.807) is 16.8 Å². The van der Waals surface area contributed by atoms with Gasteiger partial charge in [0.2, 0.25) is 0 Å². The van der Waals surface area contributed by atoms with Crippen LogP contribution in [-0.4, -0.2) is 9.78 Å². The molecule has 1 N–H and O–H groups in total. The highest BCUT2D eigenvalue weighted by atomic mass is 35.5. The Balaban J connectivity index is 2.15. The van der Waals surface area contributed by atoms with Crippen LogP contribution >= 0.6 is 11.6 Å². The van der Waals surface area contributed by atoms with Gasteiger partial charge in [-0.1, -0.05) is 17.7 Å². The van der Waals surface area contributed by atoms with E-state index in [0.717, 1.165) is 11.4 Å². The minimum atomic E-state index is -0.351. The van der Waals surface area contributed by atoms with Crippen LogP contribution in [0, 0.1) is 12.7 Å². The number of para-hydroxylation sites is 1. The first-order valence-electron chi connectivity index (χ1n) is 5.25. The highest BCUT2D eigenvalue weighted by molar-refractivity contribution is 6.33. The maximum atomic E-state index is 13.5. The number of anilines is 1. The van der Waals surface area contributed by atoms with Crippen LogP contribution in [0.1, 0.15) is 11.4 Å². The van der Waals surface area contributed by atoms with E-state index in [1.807, 2.05) is 20.0 Å². The number of aromatic nitrogens is 2. The van der Waals surface area contributed by atoms with Crippen molar-refractivity contribution in [2.45, 2.75) is 13.5 Å². The molecule has 2 rings (SSSR count). The maximum absolute atomic E-state index is 13.5. The molecule has 1 aromatic heterocycles. The molecule has 0 fully saturated rings. The third-order valence-electron chi connectivity index (χ3n) is 2.51. The number of halogens is 2. The van der Waals surface area contributed by atoms with Gasteiger partial charge in [-0.25, -0.2) is 4.39 Å². The molecule has 90 valence electrons. The third kappa shape index (κ3) is 2.58. The van der Waals surface area contributed by atoms with Gasteiger partial charge in [-0.3, -0.25) is 4.68 Å². The number of rotatable bonds is 3. The largest absolute Gasteiger partial charge is 0.376 e. The number of aryl methyl sites for hydroxylation is 2. The highest BCUT2D eigenvalue weighted by Crippen LogP contribution is 2.25. The number of nitrogens with zero attached hydrogens (tertiary/aromatic N) is 2. The molecule has 0 aliphatic heterocycles. The first kappa shape index (κ1) is 11.9. The number of hydrogen-bond acceptors (Lipinski definition) is 2. The minimum Gasteiger partial charge on any atom is -0.376 e. The third-order valence-corrected chi connectivity index (χ3v) is 2.82. The zero-order valence-electron chi connectivity index (χ0n) is 9.67. The first-order chi connectivity index (χ1) is 8.08. The Kier molecular flexibility index (Phi) is 3.33. The van der Waals surface area contributed by atoms with E-state index in [1.165, 1.54) is 6.07 Å². The molecule has 0 saturated carbocycles. The van der Waals surface area contributed by atoms with Crippen molar-refractivity contribution in [3.05, 3.63) is 46.5 Å². The molecule has 0 amide bonds. The normalized spacial score (nSPS) is 10.6. The van der Waals surface area contributed by atoms with Crippen LogP contribution in [0.5, 0.6) is 0 Å². The molecule has 0 aliphatic carbocycles. The van der Waals surface area contributed by atoms with E-state index in [2.05, 4.69) is 10.4 Å². The van der Waals surface area contributed by atoms with Crippen LogP contribution in [0.25, 0.3) is 0 Å². The van der Waals surface area contributed by atoms with Crippen molar-refractivity contribution in [3.8, 4) is 0 Å². The van der Waals surface area contributed by atoms with Crippen molar-refractivity contribution < 1.29 is 4.39 Å². The SMILES string of the molecule is Cc1cc(CNc2c(F)cccc2Cl)n(C)n1. The van der Waals surface area contributed by atoms with Crippen molar-refractivity contribution in [2.24, 2.45) is 7.05 Å². The monoisotopic (exact) mass is 253 g/mol. The van der Waals surface area contributed by atoms with Crippen LogP contribution in [0.15, 0.2) is 24.3 Å². The second kappa shape index (κ2) is 4.75. The van der Waals surface area contributed by atoms with Crippen LogP contribution < -0.4 is 5.32 Å². The van der Waals surface area contributed by atoms with Crippen LogP contribution in [0.2, 0.25) is 5.02 Å². The fraction of sp³-hybridized carbons (Fsp3) is 0.250.